The third-order valence-electron chi connectivity index (χ3n) is 8.29. The molecule has 0 radical (unpaired) electrons. The molecule has 4 aliphatic rings. The van der Waals surface area contributed by atoms with Crippen molar-refractivity contribution >= 4 is 5.78 Å². The minimum absolute atomic E-state index is 0.0648. The van der Waals surface area contributed by atoms with Gasteiger partial charge < -0.3 is 9.84 Å². The Balaban J connectivity index is 1.74. The van der Waals surface area contributed by atoms with Crippen molar-refractivity contribution in [3.63, 3.8) is 0 Å². The van der Waals surface area contributed by atoms with Crippen LogP contribution in [0, 0.1) is 34.5 Å². The third-order valence-corrected chi connectivity index (χ3v) is 8.29. The Kier molecular flexibility index (Phi) is 3.55. The Labute approximate surface area is 139 Å². The number of rotatable bonds is 1. The highest BCUT2D eigenvalue weighted by Crippen LogP contribution is 2.65. The molecule has 0 aromatic carbocycles. The fourth-order valence-corrected chi connectivity index (χ4v) is 6.81. The molecule has 0 heterocycles. The summed E-state index contributed by atoms with van der Waals surface area (Å²) in [4.78, 5) is 11.9. The number of ether oxygens (including phenoxy) is 1. The van der Waals surface area contributed by atoms with Gasteiger partial charge in [-0.3, -0.25) is 4.79 Å². The van der Waals surface area contributed by atoms with E-state index in [2.05, 4.69) is 19.9 Å². The lowest BCUT2D eigenvalue weighted by Crippen LogP contribution is -2.58. The first kappa shape index (κ1) is 15.8. The number of hydrogen-bond acceptors (Lipinski definition) is 3. The molecular weight excluding hydrogens is 288 g/mol. The van der Waals surface area contributed by atoms with Gasteiger partial charge in [-0.15, -0.1) is 0 Å². The van der Waals surface area contributed by atoms with Crippen molar-refractivity contribution in [3.05, 3.63) is 12.2 Å². The fraction of sp³-hybridized carbons (Fsp3) is 0.850. The molecule has 3 nitrogen and oxygen atoms in total. The smallest absolute Gasteiger partial charge is 0.155 e. The summed E-state index contributed by atoms with van der Waals surface area (Å²) in [7, 11) is 1.84. The van der Waals surface area contributed by atoms with Crippen molar-refractivity contribution in [1.29, 1.82) is 0 Å². The summed E-state index contributed by atoms with van der Waals surface area (Å²) in [6.07, 6.45) is 10.2. The molecule has 0 aromatic rings. The fourth-order valence-electron chi connectivity index (χ4n) is 6.81. The van der Waals surface area contributed by atoms with Crippen molar-refractivity contribution in [2.45, 2.75) is 64.6 Å². The summed E-state index contributed by atoms with van der Waals surface area (Å²) in [6.45, 7) is 4.67. The van der Waals surface area contributed by atoms with Crippen LogP contribution in [0.25, 0.3) is 0 Å². The normalized spacial score (nSPS) is 55.2. The maximum atomic E-state index is 11.9. The van der Waals surface area contributed by atoms with E-state index in [9.17, 15) is 9.90 Å². The van der Waals surface area contributed by atoms with Crippen LogP contribution >= 0.6 is 0 Å². The van der Waals surface area contributed by atoms with E-state index in [0.29, 0.717) is 30.1 Å². The topological polar surface area (TPSA) is 46.5 Å². The molecule has 0 bridgehead atoms. The van der Waals surface area contributed by atoms with Crippen LogP contribution in [0.4, 0.5) is 0 Å². The van der Waals surface area contributed by atoms with Gasteiger partial charge in [-0.05, 0) is 72.7 Å². The Morgan fingerprint density at radius 2 is 2.00 bits per heavy atom. The summed E-state index contributed by atoms with van der Waals surface area (Å²) in [5.41, 5.74) is 0.192. The van der Waals surface area contributed by atoms with Crippen LogP contribution in [0.1, 0.15) is 52.4 Å². The average molecular weight is 318 g/mol. The molecule has 0 aromatic heterocycles. The summed E-state index contributed by atoms with van der Waals surface area (Å²) >= 11 is 0. The van der Waals surface area contributed by atoms with E-state index < -0.39 is 0 Å². The van der Waals surface area contributed by atoms with E-state index in [1.165, 1.54) is 0 Å². The zero-order chi connectivity index (χ0) is 16.4. The summed E-state index contributed by atoms with van der Waals surface area (Å²) < 4.78 is 5.96. The number of hydrogen-bond donors (Lipinski definition) is 1. The minimum Gasteiger partial charge on any atom is -0.393 e. The van der Waals surface area contributed by atoms with Gasteiger partial charge in [-0.25, -0.2) is 0 Å². The van der Waals surface area contributed by atoms with Crippen LogP contribution in [-0.4, -0.2) is 30.2 Å². The third kappa shape index (κ3) is 2.05. The predicted molar refractivity (Wildman–Crippen MR) is 88.8 cm³/mol. The van der Waals surface area contributed by atoms with Gasteiger partial charge >= 0.3 is 0 Å². The number of methoxy groups -OCH3 is 1. The van der Waals surface area contributed by atoms with E-state index in [-0.39, 0.29) is 28.8 Å². The molecule has 3 unspecified atom stereocenters. The van der Waals surface area contributed by atoms with Crippen LogP contribution in [0.2, 0.25) is 0 Å². The van der Waals surface area contributed by atoms with E-state index in [1.54, 1.807) is 0 Å². The van der Waals surface area contributed by atoms with E-state index >= 15 is 0 Å². The molecule has 1 N–H and O–H groups in total. The van der Waals surface area contributed by atoms with Crippen molar-refractivity contribution in [2.24, 2.45) is 34.5 Å². The average Bonchev–Trinajstić information content (AvgIpc) is 2.83. The Hall–Kier alpha value is -0.670. The Morgan fingerprint density at radius 3 is 2.74 bits per heavy atom. The number of aliphatic hydroxyl groups excluding tert-OH is 1. The number of aliphatic hydroxyl groups is 1. The van der Waals surface area contributed by atoms with Gasteiger partial charge in [0.15, 0.2) is 5.78 Å². The highest BCUT2D eigenvalue weighted by Gasteiger charge is 2.62. The molecule has 0 spiro atoms. The lowest BCUT2D eigenvalue weighted by atomic mass is 9.45. The van der Waals surface area contributed by atoms with Crippen LogP contribution in [0.3, 0.4) is 0 Å². The van der Waals surface area contributed by atoms with Gasteiger partial charge in [-0.2, -0.15) is 0 Å². The van der Waals surface area contributed by atoms with Gasteiger partial charge in [0.05, 0.1) is 12.2 Å². The SMILES string of the molecule is COC1CC2CC(=O)C=C[C@]2(C)[C@@H]2CC[C@]3(C)C(O)CC[C@H]3[C@H]12. The molecule has 3 fully saturated rings. The second-order valence-corrected chi connectivity index (χ2v) is 9.00. The molecule has 0 amide bonds. The lowest BCUT2D eigenvalue weighted by Gasteiger charge is -2.60. The Morgan fingerprint density at radius 1 is 1.22 bits per heavy atom. The molecule has 4 rings (SSSR count). The summed E-state index contributed by atoms with van der Waals surface area (Å²) in [5, 5.41) is 10.6. The molecule has 0 saturated heterocycles. The van der Waals surface area contributed by atoms with Gasteiger partial charge in [0.25, 0.3) is 0 Å². The largest absolute Gasteiger partial charge is 0.393 e. The van der Waals surface area contributed by atoms with Crippen molar-refractivity contribution < 1.29 is 14.6 Å². The molecular formula is C20H30O3. The first-order valence-corrected chi connectivity index (χ1v) is 9.33. The minimum atomic E-state index is -0.153. The van der Waals surface area contributed by atoms with Crippen LogP contribution in [0.5, 0.6) is 0 Å². The van der Waals surface area contributed by atoms with Crippen LogP contribution < -0.4 is 0 Å². The summed E-state index contributed by atoms with van der Waals surface area (Å²) in [6, 6.07) is 0. The molecule has 4 aliphatic carbocycles. The maximum absolute atomic E-state index is 11.9. The summed E-state index contributed by atoms with van der Waals surface area (Å²) in [5.74, 6) is 2.36. The van der Waals surface area contributed by atoms with Gasteiger partial charge in [-0.1, -0.05) is 19.9 Å². The van der Waals surface area contributed by atoms with E-state index in [0.717, 1.165) is 32.1 Å². The number of carbonyl (C=O) groups is 1. The second-order valence-electron chi connectivity index (χ2n) is 9.00. The predicted octanol–water partition coefficient (Wildman–Crippen LogP) is 3.36. The van der Waals surface area contributed by atoms with Crippen LogP contribution in [-0.2, 0) is 9.53 Å². The van der Waals surface area contributed by atoms with E-state index in [1.807, 2.05) is 13.2 Å². The van der Waals surface area contributed by atoms with Crippen molar-refractivity contribution in [3.8, 4) is 0 Å². The number of carbonyl (C=O) groups excluding carboxylic acids is 1. The highest BCUT2D eigenvalue weighted by atomic mass is 16.5. The molecule has 0 aliphatic heterocycles. The standard InChI is InChI=1S/C20H30O3/c1-19-8-6-13(21)10-12(19)11-16(23-3)18-14-4-5-17(22)20(14,2)9-7-15(18)19/h6,8,12,14-18,22H,4-5,7,9-11H2,1-3H3/t12?,14-,15+,16?,17?,18-,19-,20-/m0/s1. The monoisotopic (exact) mass is 318 g/mol. The maximum Gasteiger partial charge on any atom is 0.155 e. The lowest BCUT2D eigenvalue weighted by molar-refractivity contribution is -0.158. The zero-order valence-corrected chi connectivity index (χ0v) is 14.6. The van der Waals surface area contributed by atoms with Gasteiger partial charge in [0.1, 0.15) is 0 Å². The van der Waals surface area contributed by atoms with Crippen molar-refractivity contribution in [1.82, 2.24) is 0 Å². The first-order chi connectivity index (χ1) is 10.9. The molecule has 3 heteroatoms. The quantitative estimate of drug-likeness (QED) is 0.806. The Bertz CT molecular complexity index is 541. The first-order valence-electron chi connectivity index (χ1n) is 9.33. The highest BCUT2D eigenvalue weighted by molar-refractivity contribution is 5.91. The molecule has 8 atom stereocenters. The number of allylic oxidation sites excluding steroid dienone is 2. The second kappa shape index (κ2) is 5.16. The van der Waals surface area contributed by atoms with Crippen LogP contribution in [0.15, 0.2) is 12.2 Å². The van der Waals surface area contributed by atoms with Gasteiger partial charge in [0.2, 0.25) is 0 Å². The van der Waals surface area contributed by atoms with Crippen molar-refractivity contribution in [2.75, 3.05) is 7.11 Å². The number of ketones is 1. The molecule has 3 saturated carbocycles. The molecule has 128 valence electrons. The van der Waals surface area contributed by atoms with E-state index in [4.69, 9.17) is 4.74 Å². The number of fused-ring (bicyclic) bond motifs is 5. The zero-order valence-electron chi connectivity index (χ0n) is 14.6. The van der Waals surface area contributed by atoms with Gasteiger partial charge in [0, 0.05) is 13.5 Å². The molecule has 23 heavy (non-hydrogen) atoms.